The van der Waals surface area contributed by atoms with E-state index in [4.69, 9.17) is 0 Å². The number of nitrogens with zero attached hydrogens (tertiary/aromatic N) is 2. The van der Waals surface area contributed by atoms with Gasteiger partial charge in [-0.2, -0.15) is 0 Å². The summed E-state index contributed by atoms with van der Waals surface area (Å²) >= 11 is 0. The molecule has 11 heavy (non-hydrogen) atoms. The second-order valence-corrected chi connectivity index (χ2v) is 2.04. The lowest BCUT2D eigenvalue weighted by atomic mass is 10.4. The molecule has 0 bridgehead atoms. The minimum Gasteiger partial charge on any atom is -0.351 e. The molecule has 5 nitrogen and oxygen atoms in total. The van der Waals surface area contributed by atoms with Crippen LogP contribution in [0.15, 0.2) is 0 Å². The van der Waals surface area contributed by atoms with Crippen LogP contribution in [0, 0.1) is 6.20 Å². The lowest BCUT2D eigenvalue weighted by molar-refractivity contribution is 0.0948. The molecule has 0 fully saturated rings. The molecule has 5 heteroatoms. The number of rotatable bonds is 3. The van der Waals surface area contributed by atoms with Gasteiger partial charge in [-0.15, -0.1) is 5.10 Å². The summed E-state index contributed by atoms with van der Waals surface area (Å²) in [6.07, 6.45) is 3.39. The van der Waals surface area contributed by atoms with E-state index >= 15 is 0 Å². The first-order valence-electron chi connectivity index (χ1n) is 3.41. The number of carbonyl (C=O) groups excluding carboxylic acids is 1. The van der Waals surface area contributed by atoms with Crippen molar-refractivity contribution in [1.82, 2.24) is 20.7 Å². The van der Waals surface area contributed by atoms with Gasteiger partial charge in [0, 0.05) is 6.54 Å². The standard InChI is InChI=1S/C6H9N4O/c1-2-3-7-6(11)5-4-8-10-9-5/h2-3H2,1H3,(H,7,11)(H,8,9,10). The fraction of sp³-hybridized carbons (Fsp3) is 0.500. The van der Waals surface area contributed by atoms with Crippen molar-refractivity contribution in [2.75, 3.05) is 6.54 Å². The molecule has 1 amide bonds. The molecule has 0 saturated carbocycles. The van der Waals surface area contributed by atoms with E-state index in [1.54, 1.807) is 0 Å². The van der Waals surface area contributed by atoms with E-state index in [9.17, 15) is 4.79 Å². The van der Waals surface area contributed by atoms with Crippen molar-refractivity contribution >= 4 is 5.91 Å². The Labute approximate surface area is 64.2 Å². The Morgan fingerprint density at radius 1 is 1.82 bits per heavy atom. The zero-order valence-corrected chi connectivity index (χ0v) is 6.22. The molecule has 2 N–H and O–H groups in total. The predicted octanol–water partition coefficient (Wildman–Crippen LogP) is -0.255. The van der Waals surface area contributed by atoms with Gasteiger partial charge < -0.3 is 5.32 Å². The monoisotopic (exact) mass is 153 g/mol. The first-order valence-corrected chi connectivity index (χ1v) is 3.41. The minimum absolute atomic E-state index is 0.207. The summed E-state index contributed by atoms with van der Waals surface area (Å²) in [5, 5.41) is 11.8. The summed E-state index contributed by atoms with van der Waals surface area (Å²) < 4.78 is 0. The molecule has 1 aromatic heterocycles. The van der Waals surface area contributed by atoms with E-state index in [1.807, 2.05) is 6.92 Å². The summed E-state index contributed by atoms with van der Waals surface area (Å²) in [7, 11) is 0. The first kappa shape index (κ1) is 7.71. The van der Waals surface area contributed by atoms with Gasteiger partial charge in [0.2, 0.25) is 0 Å². The highest BCUT2D eigenvalue weighted by Gasteiger charge is 2.06. The van der Waals surface area contributed by atoms with Crippen LogP contribution in [0.1, 0.15) is 23.8 Å². The number of carbonyl (C=O) groups is 1. The second kappa shape index (κ2) is 3.70. The number of hydrogen-bond acceptors (Lipinski definition) is 3. The van der Waals surface area contributed by atoms with Crippen molar-refractivity contribution in [3.63, 3.8) is 0 Å². The summed E-state index contributed by atoms with van der Waals surface area (Å²) in [4.78, 5) is 11.0. The fourth-order valence-electron chi connectivity index (χ4n) is 0.602. The average molecular weight is 153 g/mol. The molecule has 0 saturated heterocycles. The average Bonchev–Trinajstić information content (AvgIpc) is 2.52. The van der Waals surface area contributed by atoms with Crippen molar-refractivity contribution in [1.29, 1.82) is 0 Å². The van der Waals surface area contributed by atoms with Gasteiger partial charge >= 0.3 is 0 Å². The summed E-state index contributed by atoms with van der Waals surface area (Å²) in [5.74, 6) is -0.236. The van der Waals surface area contributed by atoms with Gasteiger partial charge in [-0.05, 0) is 6.42 Å². The van der Waals surface area contributed by atoms with Crippen molar-refractivity contribution < 1.29 is 4.79 Å². The van der Waals surface area contributed by atoms with Crippen LogP contribution in [0.3, 0.4) is 0 Å². The van der Waals surface area contributed by atoms with Crippen LogP contribution in [0.25, 0.3) is 0 Å². The van der Waals surface area contributed by atoms with Crippen molar-refractivity contribution in [3.8, 4) is 0 Å². The highest BCUT2D eigenvalue weighted by atomic mass is 16.1. The molecule has 0 aliphatic heterocycles. The molecule has 1 aromatic rings. The van der Waals surface area contributed by atoms with Gasteiger partial charge in [-0.25, -0.2) is 0 Å². The van der Waals surface area contributed by atoms with Gasteiger partial charge in [0.05, 0.1) is 0 Å². The molecule has 0 spiro atoms. The number of aromatic nitrogens is 3. The van der Waals surface area contributed by atoms with Gasteiger partial charge in [0.15, 0.2) is 5.69 Å². The fourth-order valence-corrected chi connectivity index (χ4v) is 0.602. The molecule has 1 rings (SSSR count). The van der Waals surface area contributed by atoms with Gasteiger partial charge in [0.1, 0.15) is 6.20 Å². The number of aromatic amines is 1. The lowest BCUT2D eigenvalue weighted by Gasteiger charge is -1.96. The second-order valence-electron chi connectivity index (χ2n) is 2.04. The Kier molecular flexibility index (Phi) is 2.59. The van der Waals surface area contributed by atoms with Crippen LogP contribution in [0.5, 0.6) is 0 Å². The lowest BCUT2D eigenvalue weighted by Crippen LogP contribution is -2.24. The minimum atomic E-state index is -0.236. The van der Waals surface area contributed by atoms with E-state index in [-0.39, 0.29) is 11.6 Å². The van der Waals surface area contributed by atoms with E-state index < -0.39 is 0 Å². The molecule has 59 valence electrons. The van der Waals surface area contributed by atoms with Crippen LogP contribution in [0.2, 0.25) is 0 Å². The maximum absolute atomic E-state index is 11.0. The highest BCUT2D eigenvalue weighted by Crippen LogP contribution is 1.86. The largest absolute Gasteiger partial charge is 0.351 e. The molecule has 0 atom stereocenters. The van der Waals surface area contributed by atoms with Crippen LogP contribution >= 0.6 is 0 Å². The Hall–Kier alpha value is -1.39. The molecule has 0 unspecified atom stereocenters. The van der Waals surface area contributed by atoms with E-state index in [0.29, 0.717) is 6.54 Å². The Morgan fingerprint density at radius 2 is 2.64 bits per heavy atom. The quantitative estimate of drug-likeness (QED) is 0.628. The smallest absolute Gasteiger partial charge is 0.274 e. The molecule has 1 heterocycles. The molecule has 0 aromatic carbocycles. The predicted molar refractivity (Wildman–Crippen MR) is 37.8 cm³/mol. The third-order valence-corrected chi connectivity index (χ3v) is 1.12. The topological polar surface area (TPSA) is 70.7 Å². The maximum atomic E-state index is 11.0. The van der Waals surface area contributed by atoms with Crippen molar-refractivity contribution in [2.45, 2.75) is 13.3 Å². The van der Waals surface area contributed by atoms with Crippen molar-refractivity contribution in [3.05, 3.63) is 11.9 Å². The normalized spacial score (nSPS) is 9.55. The van der Waals surface area contributed by atoms with Gasteiger partial charge in [-0.3, -0.25) is 9.89 Å². The third-order valence-electron chi connectivity index (χ3n) is 1.12. The Bertz CT molecular complexity index is 218. The molecule has 0 aliphatic rings. The Morgan fingerprint density at radius 3 is 3.18 bits per heavy atom. The molecule has 0 aliphatic carbocycles. The van der Waals surface area contributed by atoms with Gasteiger partial charge in [0.25, 0.3) is 5.91 Å². The zero-order chi connectivity index (χ0) is 8.10. The van der Waals surface area contributed by atoms with E-state index in [1.165, 1.54) is 0 Å². The number of H-pyrrole nitrogens is 1. The molecular weight excluding hydrogens is 144 g/mol. The molecule has 1 radical (unpaired) electrons. The van der Waals surface area contributed by atoms with Crippen molar-refractivity contribution in [2.24, 2.45) is 0 Å². The Balaban J connectivity index is 2.43. The number of hydrogen-bond donors (Lipinski definition) is 2. The van der Waals surface area contributed by atoms with E-state index in [2.05, 4.69) is 26.9 Å². The third kappa shape index (κ3) is 2.03. The van der Waals surface area contributed by atoms with Crippen LogP contribution in [0.4, 0.5) is 0 Å². The summed E-state index contributed by atoms with van der Waals surface area (Å²) in [6.45, 7) is 2.63. The van der Waals surface area contributed by atoms with Crippen LogP contribution < -0.4 is 5.32 Å². The zero-order valence-electron chi connectivity index (χ0n) is 6.22. The van der Waals surface area contributed by atoms with E-state index in [0.717, 1.165) is 6.42 Å². The van der Waals surface area contributed by atoms with Gasteiger partial charge in [-0.1, -0.05) is 12.1 Å². The number of amides is 1. The maximum Gasteiger partial charge on any atom is 0.274 e. The summed E-state index contributed by atoms with van der Waals surface area (Å²) in [5.41, 5.74) is 0.207. The summed E-state index contributed by atoms with van der Waals surface area (Å²) in [6, 6.07) is 0. The van der Waals surface area contributed by atoms with Crippen LogP contribution in [-0.4, -0.2) is 27.9 Å². The highest BCUT2D eigenvalue weighted by molar-refractivity contribution is 5.91. The molecular formula is C6H9N4O. The SMILES string of the molecule is CCCNC(=O)c1[c][nH]nn1. The van der Waals surface area contributed by atoms with Crippen LogP contribution in [-0.2, 0) is 0 Å². The number of nitrogens with one attached hydrogen (secondary N) is 2. The first-order chi connectivity index (χ1) is 5.34.